The first kappa shape index (κ1) is 10.9. The fourth-order valence-electron chi connectivity index (χ4n) is 0.944. The molecule has 0 bridgehead atoms. The van der Waals surface area contributed by atoms with E-state index in [0.717, 1.165) is 11.0 Å². The first-order valence-electron chi connectivity index (χ1n) is 4.45. The third-order valence-electron chi connectivity index (χ3n) is 1.56. The van der Waals surface area contributed by atoms with Gasteiger partial charge in [-0.25, -0.2) is 0 Å². The van der Waals surface area contributed by atoms with Crippen LogP contribution in [-0.2, 0) is 0 Å². The average molecular weight is 159 g/mol. The highest BCUT2D eigenvalue weighted by Crippen LogP contribution is 1.92. The standard InChI is InChI=1S/C9H23N2/c1-9(2)10-7-6-8-11(3,4)5/h9-10H,6-8H2,1-5H3/q+1. The third-order valence-corrected chi connectivity index (χ3v) is 1.56. The second kappa shape index (κ2) is 4.73. The predicted octanol–water partition coefficient (Wildman–Crippen LogP) is 1.08. The van der Waals surface area contributed by atoms with Crippen molar-refractivity contribution in [3.63, 3.8) is 0 Å². The lowest BCUT2D eigenvalue weighted by molar-refractivity contribution is -0.870. The van der Waals surface area contributed by atoms with Crippen LogP contribution in [0.15, 0.2) is 0 Å². The molecule has 1 N–H and O–H groups in total. The Hall–Kier alpha value is -0.0800. The van der Waals surface area contributed by atoms with Crippen LogP contribution in [0.3, 0.4) is 0 Å². The summed E-state index contributed by atoms with van der Waals surface area (Å²) in [7, 11) is 6.69. The summed E-state index contributed by atoms with van der Waals surface area (Å²) in [5.74, 6) is 0. The first-order valence-corrected chi connectivity index (χ1v) is 4.45. The van der Waals surface area contributed by atoms with Crippen LogP contribution in [0.25, 0.3) is 0 Å². The van der Waals surface area contributed by atoms with Gasteiger partial charge in [0.25, 0.3) is 0 Å². The molecule has 0 aliphatic heterocycles. The Morgan fingerprint density at radius 3 is 2.09 bits per heavy atom. The van der Waals surface area contributed by atoms with Crippen molar-refractivity contribution in [1.29, 1.82) is 0 Å². The molecule has 2 nitrogen and oxygen atoms in total. The molecular weight excluding hydrogens is 136 g/mol. The molecule has 0 amide bonds. The Morgan fingerprint density at radius 1 is 1.18 bits per heavy atom. The molecule has 0 fully saturated rings. The molecule has 2 heteroatoms. The molecule has 0 aliphatic carbocycles. The molecule has 0 saturated heterocycles. The maximum absolute atomic E-state index is 3.41. The summed E-state index contributed by atoms with van der Waals surface area (Å²) in [6, 6.07) is 0.627. The van der Waals surface area contributed by atoms with Gasteiger partial charge in [-0.15, -0.1) is 0 Å². The van der Waals surface area contributed by atoms with E-state index < -0.39 is 0 Å². The van der Waals surface area contributed by atoms with Crippen LogP contribution < -0.4 is 5.32 Å². The second-order valence-corrected chi connectivity index (χ2v) is 4.48. The third kappa shape index (κ3) is 9.92. The highest BCUT2D eigenvalue weighted by molar-refractivity contribution is 4.51. The fourth-order valence-corrected chi connectivity index (χ4v) is 0.944. The number of quaternary nitrogens is 1. The van der Waals surface area contributed by atoms with Crippen molar-refractivity contribution >= 4 is 0 Å². The van der Waals surface area contributed by atoms with E-state index in [1.807, 2.05) is 0 Å². The molecule has 0 aromatic heterocycles. The molecule has 0 aromatic carbocycles. The van der Waals surface area contributed by atoms with Crippen LogP contribution in [-0.4, -0.2) is 44.8 Å². The summed E-state index contributed by atoms with van der Waals surface area (Å²) in [6.07, 6.45) is 1.27. The minimum Gasteiger partial charge on any atom is -0.331 e. The molecule has 0 heterocycles. The maximum Gasteiger partial charge on any atom is 0.0792 e. The Bertz CT molecular complexity index is 92.2. The summed E-state index contributed by atoms with van der Waals surface area (Å²) in [5.41, 5.74) is 0. The Morgan fingerprint density at radius 2 is 1.73 bits per heavy atom. The van der Waals surface area contributed by atoms with Gasteiger partial charge in [0.15, 0.2) is 0 Å². The number of hydrogen-bond donors (Lipinski definition) is 1. The van der Waals surface area contributed by atoms with Crippen molar-refractivity contribution in [3.05, 3.63) is 0 Å². The molecule has 0 atom stereocenters. The molecule has 68 valence electrons. The topological polar surface area (TPSA) is 12.0 Å². The Kier molecular flexibility index (Phi) is 4.69. The second-order valence-electron chi connectivity index (χ2n) is 4.48. The largest absolute Gasteiger partial charge is 0.331 e. The predicted molar refractivity (Wildman–Crippen MR) is 50.7 cm³/mol. The van der Waals surface area contributed by atoms with Gasteiger partial charge in [-0.2, -0.15) is 0 Å². The van der Waals surface area contributed by atoms with Gasteiger partial charge < -0.3 is 9.80 Å². The van der Waals surface area contributed by atoms with E-state index in [1.165, 1.54) is 13.0 Å². The van der Waals surface area contributed by atoms with E-state index >= 15 is 0 Å². The monoisotopic (exact) mass is 159 g/mol. The molecule has 11 heavy (non-hydrogen) atoms. The lowest BCUT2D eigenvalue weighted by Gasteiger charge is -2.23. The van der Waals surface area contributed by atoms with Crippen molar-refractivity contribution in [2.75, 3.05) is 34.2 Å². The number of hydrogen-bond acceptors (Lipinski definition) is 1. The minimum absolute atomic E-state index is 0.627. The van der Waals surface area contributed by atoms with Gasteiger partial charge in [0, 0.05) is 19.0 Å². The smallest absolute Gasteiger partial charge is 0.0792 e. The molecule has 0 aliphatic rings. The van der Waals surface area contributed by atoms with E-state index in [0.29, 0.717) is 6.04 Å². The van der Waals surface area contributed by atoms with Crippen LogP contribution in [0.2, 0.25) is 0 Å². The number of nitrogens with one attached hydrogen (secondary N) is 1. The number of nitrogens with zero attached hydrogens (tertiary/aromatic N) is 1. The quantitative estimate of drug-likeness (QED) is 0.467. The van der Waals surface area contributed by atoms with Gasteiger partial charge in [-0.05, 0) is 0 Å². The molecule has 0 saturated carbocycles. The van der Waals surface area contributed by atoms with Crippen molar-refractivity contribution in [2.45, 2.75) is 26.3 Å². The van der Waals surface area contributed by atoms with Crippen LogP contribution in [0.1, 0.15) is 20.3 Å². The summed E-state index contributed by atoms with van der Waals surface area (Å²) < 4.78 is 1.07. The lowest BCUT2D eigenvalue weighted by Crippen LogP contribution is -2.37. The highest BCUT2D eigenvalue weighted by Gasteiger charge is 2.04. The van der Waals surface area contributed by atoms with Crippen LogP contribution in [0.4, 0.5) is 0 Å². The molecule has 0 rings (SSSR count). The molecular formula is C9H23N2+. The Labute approximate surface area is 71.2 Å². The number of rotatable bonds is 5. The maximum atomic E-state index is 3.41. The van der Waals surface area contributed by atoms with Crippen LogP contribution >= 0.6 is 0 Å². The minimum atomic E-state index is 0.627. The van der Waals surface area contributed by atoms with Crippen molar-refractivity contribution in [3.8, 4) is 0 Å². The normalized spacial score (nSPS) is 12.5. The van der Waals surface area contributed by atoms with Gasteiger partial charge in [0.1, 0.15) is 0 Å². The summed E-state index contributed by atoms with van der Waals surface area (Å²) >= 11 is 0. The van der Waals surface area contributed by atoms with E-state index in [2.05, 4.69) is 40.3 Å². The summed E-state index contributed by atoms with van der Waals surface area (Å²) in [5, 5.41) is 3.41. The summed E-state index contributed by atoms with van der Waals surface area (Å²) in [4.78, 5) is 0. The molecule has 0 spiro atoms. The lowest BCUT2D eigenvalue weighted by atomic mass is 10.3. The van der Waals surface area contributed by atoms with Crippen LogP contribution in [0.5, 0.6) is 0 Å². The van der Waals surface area contributed by atoms with E-state index in [9.17, 15) is 0 Å². The fraction of sp³-hybridized carbons (Fsp3) is 1.00. The molecule has 0 unspecified atom stereocenters. The van der Waals surface area contributed by atoms with Gasteiger partial charge in [-0.1, -0.05) is 13.8 Å². The zero-order valence-electron chi connectivity index (χ0n) is 8.65. The Balaban J connectivity index is 3.15. The van der Waals surface area contributed by atoms with Gasteiger partial charge >= 0.3 is 0 Å². The van der Waals surface area contributed by atoms with Gasteiger partial charge in [0.05, 0.1) is 27.7 Å². The van der Waals surface area contributed by atoms with E-state index in [1.54, 1.807) is 0 Å². The van der Waals surface area contributed by atoms with Crippen molar-refractivity contribution in [2.24, 2.45) is 0 Å². The van der Waals surface area contributed by atoms with E-state index in [4.69, 9.17) is 0 Å². The van der Waals surface area contributed by atoms with Crippen molar-refractivity contribution in [1.82, 2.24) is 5.32 Å². The first-order chi connectivity index (χ1) is 4.92. The highest BCUT2D eigenvalue weighted by atomic mass is 15.3. The summed E-state index contributed by atoms with van der Waals surface area (Å²) in [6.45, 7) is 6.77. The molecule has 0 aromatic rings. The zero-order valence-corrected chi connectivity index (χ0v) is 8.65. The van der Waals surface area contributed by atoms with Gasteiger partial charge in [0.2, 0.25) is 0 Å². The SMILES string of the molecule is CC(C)NCCC[N+](C)(C)C. The van der Waals surface area contributed by atoms with Crippen LogP contribution in [0, 0.1) is 0 Å². The van der Waals surface area contributed by atoms with Crippen molar-refractivity contribution < 1.29 is 4.48 Å². The average Bonchev–Trinajstić information content (AvgIpc) is 1.78. The molecule has 0 radical (unpaired) electrons. The zero-order chi connectivity index (χ0) is 8.91. The van der Waals surface area contributed by atoms with Gasteiger partial charge in [-0.3, -0.25) is 0 Å². The van der Waals surface area contributed by atoms with E-state index in [-0.39, 0.29) is 0 Å².